The molecule has 3 heteroatoms. The van der Waals surface area contributed by atoms with Crippen LogP contribution in [0.3, 0.4) is 0 Å². The maximum Gasteiger partial charge on any atom is 0.0885 e. The highest BCUT2D eigenvalue weighted by molar-refractivity contribution is 7.10. The topological polar surface area (TPSA) is 21.3 Å². The van der Waals surface area contributed by atoms with Crippen molar-refractivity contribution in [2.75, 3.05) is 13.2 Å². The lowest BCUT2D eigenvalue weighted by Crippen LogP contribution is -2.21. The molecule has 84 valence electrons. The fourth-order valence-corrected chi connectivity index (χ4v) is 2.34. The van der Waals surface area contributed by atoms with Crippen molar-refractivity contribution < 1.29 is 4.74 Å². The summed E-state index contributed by atoms with van der Waals surface area (Å²) in [4.78, 5) is 1.42. The van der Waals surface area contributed by atoms with Crippen molar-refractivity contribution in [2.45, 2.75) is 25.8 Å². The van der Waals surface area contributed by atoms with E-state index in [1.165, 1.54) is 11.1 Å². The Morgan fingerprint density at radius 1 is 1.67 bits per heavy atom. The largest absolute Gasteiger partial charge is 0.502 e. The van der Waals surface area contributed by atoms with Gasteiger partial charge in [0, 0.05) is 10.9 Å². The van der Waals surface area contributed by atoms with Crippen LogP contribution in [0.15, 0.2) is 30.4 Å². The molecule has 0 bridgehead atoms. The van der Waals surface area contributed by atoms with Gasteiger partial charge in [-0.2, -0.15) is 0 Å². The maximum absolute atomic E-state index is 5.07. The van der Waals surface area contributed by atoms with Crippen LogP contribution >= 0.6 is 11.3 Å². The highest BCUT2D eigenvalue weighted by Crippen LogP contribution is 2.21. The van der Waals surface area contributed by atoms with E-state index in [4.69, 9.17) is 4.74 Å². The highest BCUT2D eigenvalue weighted by Gasteiger charge is 2.08. The molecule has 1 N–H and O–H groups in total. The fourth-order valence-electron chi connectivity index (χ4n) is 1.45. The molecule has 15 heavy (non-hydrogen) atoms. The Morgan fingerprint density at radius 2 is 2.53 bits per heavy atom. The van der Waals surface area contributed by atoms with E-state index >= 15 is 0 Å². The lowest BCUT2D eigenvalue weighted by molar-refractivity contribution is 0.242. The van der Waals surface area contributed by atoms with Crippen LogP contribution in [0.25, 0.3) is 0 Å². The van der Waals surface area contributed by atoms with Crippen LogP contribution in [0.2, 0.25) is 0 Å². The molecule has 1 heterocycles. The van der Waals surface area contributed by atoms with Gasteiger partial charge >= 0.3 is 0 Å². The molecule has 0 radical (unpaired) electrons. The Kier molecular flexibility index (Phi) is 6.12. The van der Waals surface area contributed by atoms with Gasteiger partial charge in [0.15, 0.2) is 0 Å². The summed E-state index contributed by atoms with van der Waals surface area (Å²) in [6.45, 7) is 7.45. The molecule has 0 fully saturated rings. The zero-order valence-corrected chi connectivity index (χ0v) is 10.1. The zero-order valence-electron chi connectivity index (χ0n) is 9.24. The summed E-state index contributed by atoms with van der Waals surface area (Å²) in [7, 11) is 0. The van der Waals surface area contributed by atoms with Crippen molar-refractivity contribution in [1.29, 1.82) is 0 Å². The lowest BCUT2D eigenvalue weighted by atomic mass is 10.2. The van der Waals surface area contributed by atoms with Crippen LogP contribution < -0.4 is 5.32 Å². The van der Waals surface area contributed by atoms with Crippen LogP contribution in [-0.2, 0) is 4.74 Å². The van der Waals surface area contributed by atoms with Gasteiger partial charge in [-0.15, -0.1) is 11.3 Å². The minimum absolute atomic E-state index is 0.494. The highest BCUT2D eigenvalue weighted by atomic mass is 32.1. The van der Waals surface area contributed by atoms with Crippen molar-refractivity contribution in [2.24, 2.45) is 0 Å². The van der Waals surface area contributed by atoms with Gasteiger partial charge in [0.1, 0.15) is 0 Å². The number of thiophene rings is 1. The molecular formula is C12H19NOS. The predicted octanol–water partition coefficient (Wildman–Crippen LogP) is 3.34. The van der Waals surface area contributed by atoms with E-state index in [1.54, 1.807) is 0 Å². The Balaban J connectivity index is 2.20. The quantitative estimate of drug-likeness (QED) is 0.541. The summed E-state index contributed by atoms with van der Waals surface area (Å²) in [5.74, 6) is 0. The summed E-state index contributed by atoms with van der Waals surface area (Å²) in [5, 5.41) is 5.65. The molecule has 0 aliphatic carbocycles. The van der Waals surface area contributed by atoms with Gasteiger partial charge in [-0.05, 0) is 30.8 Å². The van der Waals surface area contributed by atoms with Crippen LogP contribution in [0.5, 0.6) is 0 Å². The van der Waals surface area contributed by atoms with E-state index < -0.39 is 0 Å². The average Bonchev–Trinajstić information content (AvgIpc) is 2.77. The first-order valence-electron chi connectivity index (χ1n) is 5.37. The number of rotatable bonds is 8. The minimum atomic E-state index is 0.494. The van der Waals surface area contributed by atoms with Crippen LogP contribution in [-0.4, -0.2) is 13.2 Å². The smallest absolute Gasteiger partial charge is 0.0885 e. The summed E-state index contributed by atoms with van der Waals surface area (Å²) in [6.07, 6.45) is 3.65. The van der Waals surface area contributed by atoms with Crippen LogP contribution in [0.4, 0.5) is 0 Å². The monoisotopic (exact) mass is 225 g/mol. The lowest BCUT2D eigenvalue weighted by Gasteiger charge is -2.15. The molecule has 0 amide bonds. The van der Waals surface area contributed by atoms with Crippen molar-refractivity contribution in [3.63, 3.8) is 0 Å². The molecule has 0 spiro atoms. The van der Waals surface area contributed by atoms with Gasteiger partial charge in [0.25, 0.3) is 0 Å². The van der Waals surface area contributed by atoms with E-state index in [-0.39, 0.29) is 0 Å². The standard InChI is InChI=1S/C12H19NOS/c1-3-11(12-7-5-10-15-12)13-8-6-9-14-4-2/h4-5,7,10-11,13H,2-3,6,8-9H2,1H3. The average molecular weight is 225 g/mol. The van der Waals surface area contributed by atoms with Gasteiger partial charge in [0.2, 0.25) is 0 Å². The van der Waals surface area contributed by atoms with Gasteiger partial charge in [0.05, 0.1) is 12.9 Å². The summed E-state index contributed by atoms with van der Waals surface area (Å²) in [5.41, 5.74) is 0. The Morgan fingerprint density at radius 3 is 3.13 bits per heavy atom. The summed E-state index contributed by atoms with van der Waals surface area (Å²) >= 11 is 1.81. The molecule has 1 rings (SSSR count). The van der Waals surface area contributed by atoms with Crippen LogP contribution in [0, 0.1) is 0 Å². The second-order valence-corrected chi connectivity index (χ2v) is 4.30. The number of hydrogen-bond acceptors (Lipinski definition) is 3. The normalized spacial score (nSPS) is 12.3. The molecule has 1 unspecified atom stereocenters. The summed E-state index contributed by atoms with van der Waals surface area (Å²) < 4.78 is 5.07. The third-order valence-corrected chi connectivity index (χ3v) is 3.23. The number of hydrogen-bond donors (Lipinski definition) is 1. The fraction of sp³-hybridized carbons (Fsp3) is 0.500. The molecule has 1 aromatic rings. The zero-order chi connectivity index (χ0) is 10.9. The first-order valence-corrected chi connectivity index (χ1v) is 6.25. The molecule has 0 aromatic carbocycles. The van der Waals surface area contributed by atoms with Crippen molar-refractivity contribution in [3.05, 3.63) is 35.2 Å². The molecule has 0 aliphatic rings. The molecule has 0 saturated heterocycles. The second-order valence-electron chi connectivity index (χ2n) is 3.32. The van der Waals surface area contributed by atoms with Gasteiger partial charge in [-0.1, -0.05) is 19.6 Å². The van der Waals surface area contributed by atoms with Gasteiger partial charge < -0.3 is 10.1 Å². The van der Waals surface area contributed by atoms with E-state index in [2.05, 4.69) is 36.3 Å². The number of nitrogens with one attached hydrogen (secondary N) is 1. The van der Waals surface area contributed by atoms with E-state index in [0.29, 0.717) is 6.04 Å². The molecule has 1 aromatic heterocycles. The molecule has 0 saturated carbocycles. The van der Waals surface area contributed by atoms with E-state index in [9.17, 15) is 0 Å². The number of ether oxygens (including phenoxy) is 1. The predicted molar refractivity (Wildman–Crippen MR) is 66.1 cm³/mol. The SMILES string of the molecule is C=COCCCNC(CC)c1cccs1. The second kappa shape index (κ2) is 7.49. The first-order chi connectivity index (χ1) is 7.38. The maximum atomic E-state index is 5.07. The first kappa shape index (κ1) is 12.3. The molecule has 0 aliphatic heterocycles. The Labute approximate surface area is 96.0 Å². The van der Waals surface area contributed by atoms with Crippen molar-refractivity contribution in [1.82, 2.24) is 5.32 Å². The summed E-state index contributed by atoms with van der Waals surface area (Å²) in [6, 6.07) is 4.78. The molecule has 2 nitrogen and oxygen atoms in total. The third-order valence-electron chi connectivity index (χ3n) is 2.24. The van der Waals surface area contributed by atoms with E-state index in [0.717, 1.165) is 26.0 Å². The third kappa shape index (κ3) is 4.49. The molecule has 1 atom stereocenters. The van der Waals surface area contributed by atoms with Gasteiger partial charge in [-0.3, -0.25) is 0 Å². The van der Waals surface area contributed by atoms with Crippen molar-refractivity contribution >= 4 is 11.3 Å². The van der Waals surface area contributed by atoms with E-state index in [1.807, 2.05) is 11.3 Å². The minimum Gasteiger partial charge on any atom is -0.502 e. The van der Waals surface area contributed by atoms with Crippen LogP contribution in [0.1, 0.15) is 30.7 Å². The van der Waals surface area contributed by atoms with Gasteiger partial charge in [-0.25, -0.2) is 0 Å². The Hall–Kier alpha value is -0.800. The molecular weight excluding hydrogens is 206 g/mol. The Bertz CT molecular complexity index is 259. The van der Waals surface area contributed by atoms with Crippen molar-refractivity contribution in [3.8, 4) is 0 Å².